The van der Waals surface area contributed by atoms with E-state index in [4.69, 9.17) is 9.26 Å². The Hall–Kier alpha value is -2.12. The minimum Gasteiger partial charge on any atom is -0.497 e. The summed E-state index contributed by atoms with van der Waals surface area (Å²) in [6, 6.07) is 7.61. The predicted octanol–water partition coefficient (Wildman–Crippen LogP) is 1.99. The fourth-order valence-electron chi connectivity index (χ4n) is 2.72. The summed E-state index contributed by atoms with van der Waals surface area (Å²) in [6.07, 6.45) is 2.04. The van der Waals surface area contributed by atoms with E-state index in [1.165, 1.54) is 0 Å². The van der Waals surface area contributed by atoms with Gasteiger partial charge in [0, 0.05) is 24.7 Å². The average Bonchev–Trinajstić information content (AvgIpc) is 3.11. The summed E-state index contributed by atoms with van der Waals surface area (Å²) in [4.78, 5) is 18.5. The highest BCUT2D eigenvalue weighted by Crippen LogP contribution is 2.22. The summed E-state index contributed by atoms with van der Waals surface area (Å²) < 4.78 is 10.4. The highest BCUT2D eigenvalue weighted by molar-refractivity contribution is 5.90. The van der Waals surface area contributed by atoms with Crippen LogP contribution in [-0.2, 0) is 0 Å². The van der Waals surface area contributed by atoms with Crippen LogP contribution in [0.2, 0.25) is 0 Å². The highest BCUT2D eigenvalue weighted by atomic mass is 35.5. The van der Waals surface area contributed by atoms with Crippen molar-refractivity contribution in [2.45, 2.75) is 18.9 Å². The number of nitrogens with zero attached hydrogens (tertiary/aromatic N) is 3. The van der Waals surface area contributed by atoms with Gasteiger partial charge in [0.15, 0.2) is 0 Å². The number of benzene rings is 1. The van der Waals surface area contributed by atoms with Crippen LogP contribution < -0.4 is 10.1 Å². The lowest BCUT2D eigenvalue weighted by Gasteiger charge is -2.31. The molecule has 0 bridgehead atoms. The Kier molecular flexibility index (Phi) is 6.16. The third-order valence-electron chi connectivity index (χ3n) is 4.05. The minimum absolute atomic E-state index is 0. The molecule has 2 aromatic rings. The second-order valence-corrected chi connectivity index (χ2v) is 5.53. The first-order valence-electron chi connectivity index (χ1n) is 7.66. The van der Waals surface area contributed by atoms with Gasteiger partial charge in [-0.2, -0.15) is 4.98 Å². The Morgan fingerprint density at radius 3 is 3.04 bits per heavy atom. The molecule has 2 heterocycles. The van der Waals surface area contributed by atoms with E-state index in [0.29, 0.717) is 24.2 Å². The maximum absolute atomic E-state index is 12.5. The number of carbonyl (C=O) groups excluding carboxylic acids is 1. The molecule has 0 spiro atoms. The summed E-state index contributed by atoms with van der Waals surface area (Å²) in [5.41, 5.74) is 0.725. The van der Waals surface area contributed by atoms with Gasteiger partial charge in [-0.15, -0.1) is 12.4 Å². The van der Waals surface area contributed by atoms with E-state index in [9.17, 15) is 4.79 Å². The Balaban J connectivity index is 0.00000208. The fourth-order valence-corrected chi connectivity index (χ4v) is 2.72. The van der Waals surface area contributed by atoms with Crippen molar-refractivity contribution in [2.75, 3.05) is 27.2 Å². The maximum Gasteiger partial charge on any atom is 0.295 e. The molecule has 1 amide bonds. The summed E-state index contributed by atoms with van der Waals surface area (Å²) in [7, 11) is 3.50. The smallest absolute Gasteiger partial charge is 0.295 e. The number of nitrogens with one attached hydrogen (secondary N) is 1. The molecule has 3 rings (SSSR count). The topological polar surface area (TPSA) is 80.5 Å². The summed E-state index contributed by atoms with van der Waals surface area (Å²) in [5, 5.41) is 7.05. The fraction of sp³-hybridized carbons (Fsp3) is 0.438. The molecule has 1 atom stereocenters. The van der Waals surface area contributed by atoms with Crippen LogP contribution in [0.4, 0.5) is 0 Å². The normalized spacial score (nSPS) is 17.2. The number of halogens is 1. The van der Waals surface area contributed by atoms with Crippen molar-refractivity contribution in [3.05, 3.63) is 30.1 Å². The van der Waals surface area contributed by atoms with Crippen molar-refractivity contribution in [3.8, 4) is 17.2 Å². The number of amides is 1. The van der Waals surface area contributed by atoms with E-state index in [1.54, 1.807) is 18.1 Å². The Bertz CT molecular complexity index is 691. The standard InChI is InChI=1S/C16H20N4O3.ClH/c1-17-12-6-4-8-20(10-12)16(21)14-18-15(23-19-14)11-5-3-7-13(9-11)22-2;/h3,5,7,9,12,17H,4,6,8,10H2,1-2H3;1H. The molecule has 1 N–H and O–H groups in total. The lowest BCUT2D eigenvalue weighted by atomic mass is 10.1. The van der Waals surface area contributed by atoms with E-state index in [-0.39, 0.29) is 24.1 Å². The van der Waals surface area contributed by atoms with Crippen molar-refractivity contribution < 1.29 is 14.1 Å². The van der Waals surface area contributed by atoms with Gasteiger partial charge in [-0.1, -0.05) is 11.2 Å². The van der Waals surface area contributed by atoms with Gasteiger partial charge in [-0.05, 0) is 38.1 Å². The van der Waals surface area contributed by atoms with Crippen molar-refractivity contribution in [1.82, 2.24) is 20.4 Å². The van der Waals surface area contributed by atoms with E-state index in [1.807, 2.05) is 25.2 Å². The number of carbonyl (C=O) groups is 1. The zero-order valence-electron chi connectivity index (χ0n) is 13.7. The Morgan fingerprint density at radius 2 is 2.29 bits per heavy atom. The van der Waals surface area contributed by atoms with Crippen molar-refractivity contribution in [2.24, 2.45) is 0 Å². The number of likely N-dealkylation sites (N-methyl/N-ethyl adjacent to an activating group) is 1. The van der Waals surface area contributed by atoms with Crippen LogP contribution in [0.5, 0.6) is 5.75 Å². The first-order valence-corrected chi connectivity index (χ1v) is 7.66. The van der Waals surface area contributed by atoms with Gasteiger partial charge in [0.25, 0.3) is 17.6 Å². The third-order valence-corrected chi connectivity index (χ3v) is 4.05. The molecule has 1 aliphatic heterocycles. The maximum atomic E-state index is 12.5. The van der Waals surface area contributed by atoms with Gasteiger partial charge < -0.3 is 19.5 Å². The lowest BCUT2D eigenvalue weighted by Crippen LogP contribution is -2.47. The molecule has 24 heavy (non-hydrogen) atoms. The van der Waals surface area contributed by atoms with Crippen LogP contribution >= 0.6 is 12.4 Å². The lowest BCUT2D eigenvalue weighted by molar-refractivity contribution is 0.0682. The number of ether oxygens (including phenoxy) is 1. The van der Waals surface area contributed by atoms with Crippen molar-refractivity contribution >= 4 is 18.3 Å². The number of hydrogen-bond acceptors (Lipinski definition) is 6. The summed E-state index contributed by atoms with van der Waals surface area (Å²) in [5.74, 6) is 0.915. The average molecular weight is 353 g/mol. The van der Waals surface area contributed by atoms with Gasteiger partial charge in [-0.3, -0.25) is 4.79 Å². The van der Waals surface area contributed by atoms with E-state index in [0.717, 1.165) is 24.9 Å². The first-order chi connectivity index (χ1) is 11.2. The largest absolute Gasteiger partial charge is 0.497 e. The van der Waals surface area contributed by atoms with E-state index in [2.05, 4.69) is 15.5 Å². The van der Waals surface area contributed by atoms with Crippen molar-refractivity contribution in [3.63, 3.8) is 0 Å². The molecule has 1 unspecified atom stereocenters. The van der Waals surface area contributed by atoms with E-state index >= 15 is 0 Å². The molecule has 130 valence electrons. The summed E-state index contributed by atoms with van der Waals surface area (Å²) >= 11 is 0. The van der Waals surface area contributed by atoms with Gasteiger partial charge >= 0.3 is 0 Å². The number of methoxy groups -OCH3 is 1. The van der Waals surface area contributed by atoms with Crippen LogP contribution in [-0.4, -0.2) is 54.2 Å². The quantitative estimate of drug-likeness (QED) is 0.906. The molecule has 1 aromatic carbocycles. The number of likely N-dealkylation sites (tertiary alicyclic amines) is 1. The number of aromatic nitrogens is 2. The molecule has 1 aliphatic rings. The van der Waals surface area contributed by atoms with Gasteiger partial charge in [0.1, 0.15) is 5.75 Å². The van der Waals surface area contributed by atoms with Crippen molar-refractivity contribution in [1.29, 1.82) is 0 Å². The third kappa shape index (κ3) is 3.85. The van der Waals surface area contributed by atoms with Crippen LogP contribution in [0.1, 0.15) is 23.5 Å². The SMILES string of the molecule is CNC1CCCN(C(=O)c2noc(-c3cccc(OC)c3)n2)C1.Cl. The zero-order valence-corrected chi connectivity index (χ0v) is 14.5. The molecular weight excluding hydrogens is 332 g/mol. The number of hydrogen-bond donors (Lipinski definition) is 1. The molecule has 1 aromatic heterocycles. The molecule has 0 saturated carbocycles. The minimum atomic E-state index is -0.192. The Labute approximate surface area is 146 Å². The first kappa shape index (κ1) is 18.2. The van der Waals surface area contributed by atoms with Gasteiger partial charge in [-0.25, -0.2) is 0 Å². The number of piperidine rings is 1. The van der Waals surface area contributed by atoms with Crippen LogP contribution in [0, 0.1) is 0 Å². The Morgan fingerprint density at radius 1 is 1.46 bits per heavy atom. The molecule has 8 heteroatoms. The second-order valence-electron chi connectivity index (χ2n) is 5.53. The monoisotopic (exact) mass is 352 g/mol. The van der Waals surface area contributed by atoms with Crippen LogP contribution in [0.25, 0.3) is 11.5 Å². The number of rotatable bonds is 4. The summed E-state index contributed by atoms with van der Waals surface area (Å²) in [6.45, 7) is 1.39. The second kappa shape index (κ2) is 8.12. The van der Waals surface area contributed by atoms with Gasteiger partial charge in [0.05, 0.1) is 7.11 Å². The van der Waals surface area contributed by atoms with Crippen LogP contribution in [0.15, 0.2) is 28.8 Å². The molecule has 1 fully saturated rings. The molecule has 1 saturated heterocycles. The highest BCUT2D eigenvalue weighted by Gasteiger charge is 2.27. The molecule has 7 nitrogen and oxygen atoms in total. The molecule has 0 radical (unpaired) electrons. The van der Waals surface area contributed by atoms with E-state index < -0.39 is 0 Å². The molecule has 0 aliphatic carbocycles. The van der Waals surface area contributed by atoms with Crippen LogP contribution in [0.3, 0.4) is 0 Å². The molecular formula is C16H21ClN4O3. The zero-order chi connectivity index (χ0) is 16.2. The predicted molar refractivity (Wildman–Crippen MR) is 91.5 cm³/mol. The van der Waals surface area contributed by atoms with Gasteiger partial charge in [0.2, 0.25) is 0 Å².